The Morgan fingerprint density at radius 3 is 3.04 bits per heavy atom. The fraction of sp³-hybridized carbons (Fsp3) is 0.526. The highest BCUT2D eigenvalue weighted by Crippen LogP contribution is 2.50. The number of likely N-dealkylation sites (tertiary alicyclic amines) is 1. The molecule has 2 aromatic rings. The maximum Gasteiger partial charge on any atom is 0.222 e. The van der Waals surface area contributed by atoms with Gasteiger partial charge in [-0.1, -0.05) is 6.07 Å². The van der Waals surface area contributed by atoms with Gasteiger partial charge in [-0.05, 0) is 48.6 Å². The number of amides is 1. The molecule has 2 aliphatic rings. The average molecular weight is 356 g/mol. The van der Waals surface area contributed by atoms with Gasteiger partial charge in [0.1, 0.15) is 12.1 Å². The van der Waals surface area contributed by atoms with Crippen molar-refractivity contribution in [2.45, 2.75) is 38.1 Å². The molecule has 4 rings (SSSR count). The van der Waals surface area contributed by atoms with E-state index >= 15 is 0 Å². The van der Waals surface area contributed by atoms with Crippen LogP contribution in [-0.2, 0) is 11.2 Å². The molecule has 0 radical (unpaired) electrons. The van der Waals surface area contributed by atoms with Crippen molar-refractivity contribution in [3.8, 4) is 0 Å². The van der Waals surface area contributed by atoms with Gasteiger partial charge in [0.05, 0.1) is 0 Å². The summed E-state index contributed by atoms with van der Waals surface area (Å²) in [4.78, 5) is 26.5. The van der Waals surface area contributed by atoms with Crippen molar-refractivity contribution in [2.75, 3.05) is 25.0 Å². The van der Waals surface area contributed by atoms with Gasteiger partial charge in [-0.15, -0.1) is 11.3 Å². The Kier molecular flexibility index (Phi) is 4.46. The summed E-state index contributed by atoms with van der Waals surface area (Å²) in [5.41, 5.74) is 0.338. The number of hydrogen-bond acceptors (Lipinski definition) is 5. The molecule has 1 saturated heterocycles. The molecule has 5 nitrogen and oxygen atoms in total. The second kappa shape index (κ2) is 6.75. The molecule has 1 amide bonds. The van der Waals surface area contributed by atoms with Crippen LogP contribution in [0.1, 0.15) is 30.6 Å². The molecule has 1 saturated carbocycles. The molecule has 0 bridgehead atoms. The van der Waals surface area contributed by atoms with E-state index in [2.05, 4.69) is 44.3 Å². The summed E-state index contributed by atoms with van der Waals surface area (Å²) in [5, 5.41) is 2.08. The molecular weight excluding hydrogens is 332 g/mol. The van der Waals surface area contributed by atoms with Crippen molar-refractivity contribution in [1.29, 1.82) is 0 Å². The minimum atomic E-state index is 0.317. The summed E-state index contributed by atoms with van der Waals surface area (Å²) in [6.07, 6.45) is 8.36. The first-order chi connectivity index (χ1) is 12.2. The number of thiophene rings is 1. The van der Waals surface area contributed by atoms with E-state index in [1.165, 1.54) is 4.88 Å². The first-order valence-electron chi connectivity index (χ1n) is 8.94. The van der Waals surface area contributed by atoms with E-state index in [0.29, 0.717) is 23.8 Å². The van der Waals surface area contributed by atoms with Crippen LogP contribution < -0.4 is 4.90 Å². The van der Waals surface area contributed by atoms with Crippen LogP contribution in [0.5, 0.6) is 0 Å². The summed E-state index contributed by atoms with van der Waals surface area (Å²) in [6, 6.07) is 6.65. The van der Waals surface area contributed by atoms with Crippen molar-refractivity contribution >= 4 is 23.1 Å². The number of carbonyl (C=O) groups is 1. The molecule has 132 valence electrons. The van der Waals surface area contributed by atoms with Gasteiger partial charge < -0.3 is 9.80 Å². The summed E-state index contributed by atoms with van der Waals surface area (Å²) < 4.78 is 0. The summed E-state index contributed by atoms with van der Waals surface area (Å²) in [5.74, 6) is 1.30. The van der Waals surface area contributed by atoms with E-state index < -0.39 is 0 Å². The second-order valence-electron chi connectivity index (χ2n) is 7.39. The van der Waals surface area contributed by atoms with Gasteiger partial charge in [0.2, 0.25) is 5.91 Å². The number of aromatic nitrogens is 2. The predicted octanol–water partition coefficient (Wildman–Crippen LogP) is 2.99. The van der Waals surface area contributed by atoms with Crippen LogP contribution in [-0.4, -0.2) is 47.0 Å². The van der Waals surface area contributed by atoms with Gasteiger partial charge in [0, 0.05) is 43.7 Å². The van der Waals surface area contributed by atoms with Crippen molar-refractivity contribution in [1.82, 2.24) is 14.9 Å². The zero-order valence-electron chi connectivity index (χ0n) is 14.6. The Balaban J connectivity index is 1.28. The molecule has 25 heavy (non-hydrogen) atoms. The Hall–Kier alpha value is -1.95. The zero-order valence-corrected chi connectivity index (χ0v) is 15.4. The van der Waals surface area contributed by atoms with Gasteiger partial charge in [-0.3, -0.25) is 4.79 Å². The molecule has 0 atom stereocenters. The summed E-state index contributed by atoms with van der Waals surface area (Å²) >= 11 is 1.74. The standard InChI is InChI=1S/C19H24N4OS/c1-22(17-6-8-20-14-21-17)15-11-19(12-15)7-9-23(13-19)18(24)5-4-16-3-2-10-25-16/h2-3,6,8,10,14-15H,4-5,7,9,11-13H2,1H3. The topological polar surface area (TPSA) is 49.3 Å². The third kappa shape index (κ3) is 3.40. The van der Waals surface area contributed by atoms with E-state index in [4.69, 9.17) is 0 Å². The lowest BCUT2D eigenvalue weighted by atomic mass is 9.64. The molecule has 2 aromatic heterocycles. The second-order valence-corrected chi connectivity index (χ2v) is 8.42. The largest absolute Gasteiger partial charge is 0.357 e. The smallest absolute Gasteiger partial charge is 0.222 e. The van der Waals surface area contributed by atoms with Crippen molar-refractivity contribution in [3.63, 3.8) is 0 Å². The first kappa shape index (κ1) is 16.5. The Morgan fingerprint density at radius 1 is 1.44 bits per heavy atom. The molecule has 0 N–H and O–H groups in total. The van der Waals surface area contributed by atoms with E-state index in [1.54, 1.807) is 23.9 Å². The third-order valence-corrected chi connectivity index (χ3v) is 6.71. The lowest BCUT2D eigenvalue weighted by molar-refractivity contribution is -0.130. The van der Waals surface area contributed by atoms with Crippen LogP contribution in [0.15, 0.2) is 36.1 Å². The highest BCUT2D eigenvalue weighted by molar-refractivity contribution is 7.09. The van der Waals surface area contributed by atoms with Crippen LogP contribution in [0.2, 0.25) is 0 Å². The fourth-order valence-electron chi connectivity index (χ4n) is 4.22. The van der Waals surface area contributed by atoms with Gasteiger partial charge in [0.25, 0.3) is 0 Å². The number of rotatable bonds is 5. The number of nitrogens with zero attached hydrogens (tertiary/aromatic N) is 4. The molecule has 1 spiro atoms. The normalized spacial score (nSPS) is 25.2. The van der Waals surface area contributed by atoms with Gasteiger partial charge in [-0.25, -0.2) is 9.97 Å². The van der Waals surface area contributed by atoms with Gasteiger partial charge in [-0.2, -0.15) is 0 Å². The predicted molar refractivity (Wildman–Crippen MR) is 99.7 cm³/mol. The highest BCUT2D eigenvalue weighted by Gasteiger charge is 2.50. The van der Waals surface area contributed by atoms with E-state index in [1.807, 2.05) is 6.07 Å². The lowest BCUT2D eigenvalue weighted by Gasteiger charge is -2.49. The molecule has 1 aliphatic carbocycles. The quantitative estimate of drug-likeness (QED) is 0.826. The van der Waals surface area contributed by atoms with Crippen molar-refractivity contribution in [3.05, 3.63) is 41.0 Å². The SMILES string of the molecule is CN(c1ccncn1)C1CC2(CCN(C(=O)CCc3cccs3)C2)C1. The molecule has 1 aliphatic heterocycles. The highest BCUT2D eigenvalue weighted by atomic mass is 32.1. The molecule has 2 fully saturated rings. The first-order valence-corrected chi connectivity index (χ1v) is 9.82. The van der Waals surface area contributed by atoms with Crippen LogP contribution in [0, 0.1) is 5.41 Å². The van der Waals surface area contributed by atoms with Crippen LogP contribution >= 0.6 is 11.3 Å². The van der Waals surface area contributed by atoms with Crippen LogP contribution in [0.4, 0.5) is 5.82 Å². The maximum atomic E-state index is 12.5. The maximum absolute atomic E-state index is 12.5. The van der Waals surface area contributed by atoms with Crippen LogP contribution in [0.3, 0.4) is 0 Å². The van der Waals surface area contributed by atoms with E-state index in [9.17, 15) is 4.79 Å². The van der Waals surface area contributed by atoms with Crippen molar-refractivity contribution < 1.29 is 4.79 Å². The number of anilines is 1. The van der Waals surface area contributed by atoms with Gasteiger partial charge in [0.15, 0.2) is 0 Å². The monoisotopic (exact) mass is 356 g/mol. The Morgan fingerprint density at radius 2 is 2.32 bits per heavy atom. The van der Waals surface area contributed by atoms with E-state index in [0.717, 1.165) is 44.6 Å². The van der Waals surface area contributed by atoms with Gasteiger partial charge >= 0.3 is 0 Å². The summed E-state index contributed by atoms with van der Waals surface area (Å²) in [7, 11) is 2.11. The fourth-order valence-corrected chi connectivity index (χ4v) is 4.93. The van der Waals surface area contributed by atoms with Crippen molar-refractivity contribution in [2.24, 2.45) is 5.41 Å². The average Bonchev–Trinajstić information content (AvgIpc) is 3.28. The third-order valence-electron chi connectivity index (χ3n) is 5.77. The Bertz CT molecular complexity index is 712. The minimum absolute atomic E-state index is 0.317. The van der Waals surface area contributed by atoms with Crippen LogP contribution in [0.25, 0.3) is 0 Å². The summed E-state index contributed by atoms with van der Waals surface area (Å²) in [6.45, 7) is 1.86. The molecule has 0 aromatic carbocycles. The Labute approximate surface area is 152 Å². The lowest BCUT2D eigenvalue weighted by Crippen LogP contribution is -2.51. The number of carbonyl (C=O) groups excluding carboxylic acids is 1. The molecule has 0 unspecified atom stereocenters. The number of hydrogen-bond donors (Lipinski definition) is 0. The van der Waals surface area contributed by atoms with E-state index in [-0.39, 0.29) is 0 Å². The molecule has 3 heterocycles. The number of aryl methyl sites for hydroxylation is 1. The molecular formula is C19H24N4OS. The molecule has 6 heteroatoms. The minimum Gasteiger partial charge on any atom is -0.357 e. The zero-order chi connectivity index (χ0) is 17.3.